The highest BCUT2D eigenvalue weighted by Gasteiger charge is 2.05. The number of nitrogens with zero attached hydrogens (tertiary/aromatic N) is 5. The fraction of sp³-hybridized carbons (Fsp3) is 0.158. The molecule has 2 aromatic heterocycles. The van der Waals surface area contributed by atoms with Gasteiger partial charge in [0.05, 0.1) is 19.3 Å². The smallest absolute Gasteiger partial charge is 0.250 e. The van der Waals surface area contributed by atoms with E-state index in [9.17, 15) is 4.79 Å². The van der Waals surface area contributed by atoms with Crippen LogP contribution < -0.4 is 4.80 Å². The Labute approximate surface area is 154 Å². The topological polar surface area (TPSA) is 65.1 Å². The number of aryl methyl sites for hydroxylation is 1. The molecule has 0 N–H and O–H groups in total. The summed E-state index contributed by atoms with van der Waals surface area (Å²) in [6, 6.07) is 14.6. The summed E-state index contributed by atoms with van der Waals surface area (Å²) in [7, 11) is 0. The van der Waals surface area contributed by atoms with Gasteiger partial charge in [0, 0.05) is 24.2 Å². The lowest BCUT2D eigenvalue weighted by Gasteiger charge is -2.07. The Morgan fingerprint density at radius 2 is 2.00 bits per heavy atom. The van der Waals surface area contributed by atoms with E-state index in [-0.39, 0.29) is 5.91 Å². The molecule has 0 aliphatic heterocycles. The maximum absolute atomic E-state index is 12.2. The zero-order valence-corrected chi connectivity index (χ0v) is 14.8. The van der Waals surface area contributed by atoms with Crippen molar-refractivity contribution < 1.29 is 4.79 Å². The Bertz CT molecular complexity index is 1090. The second-order valence-corrected chi connectivity index (χ2v) is 6.75. The highest BCUT2D eigenvalue weighted by Crippen LogP contribution is 2.19. The molecule has 7 heteroatoms. The number of thiazole rings is 1. The van der Waals surface area contributed by atoms with Crippen LogP contribution in [-0.4, -0.2) is 25.5 Å². The van der Waals surface area contributed by atoms with E-state index in [0.29, 0.717) is 24.3 Å². The van der Waals surface area contributed by atoms with Crippen LogP contribution in [0.1, 0.15) is 12.0 Å². The van der Waals surface area contributed by atoms with Gasteiger partial charge in [-0.25, -0.2) is 0 Å². The van der Waals surface area contributed by atoms with Gasteiger partial charge in [0.2, 0.25) is 5.91 Å². The summed E-state index contributed by atoms with van der Waals surface area (Å²) in [5, 5.41) is 12.0. The van der Waals surface area contributed by atoms with Crippen molar-refractivity contribution in [2.45, 2.75) is 19.5 Å². The number of rotatable bonds is 5. The van der Waals surface area contributed by atoms with Crippen LogP contribution in [0, 0.1) is 0 Å². The molecule has 0 saturated carbocycles. The molecule has 4 rings (SSSR count). The zero-order chi connectivity index (χ0) is 17.8. The minimum Gasteiger partial charge on any atom is -0.319 e. The monoisotopic (exact) mass is 363 g/mol. The van der Waals surface area contributed by atoms with E-state index in [4.69, 9.17) is 0 Å². The van der Waals surface area contributed by atoms with Gasteiger partial charge in [-0.3, -0.25) is 9.48 Å². The Kier molecular flexibility index (Phi) is 4.70. The van der Waals surface area contributed by atoms with Crippen molar-refractivity contribution in [3.05, 3.63) is 76.8 Å². The molecule has 0 atom stereocenters. The van der Waals surface area contributed by atoms with Crippen LogP contribution in [0.25, 0.3) is 10.8 Å². The first-order chi connectivity index (χ1) is 12.8. The lowest BCUT2D eigenvalue weighted by molar-refractivity contribution is -0.118. The molecule has 2 aromatic carbocycles. The maximum atomic E-state index is 12.2. The average Bonchev–Trinajstić information content (AvgIpc) is 3.33. The number of aromatic nitrogens is 4. The largest absolute Gasteiger partial charge is 0.319 e. The lowest BCUT2D eigenvalue weighted by Crippen LogP contribution is -2.17. The van der Waals surface area contributed by atoms with Crippen molar-refractivity contribution in [1.29, 1.82) is 0 Å². The minimum atomic E-state index is -0.158. The Morgan fingerprint density at radius 1 is 1.12 bits per heavy atom. The summed E-state index contributed by atoms with van der Waals surface area (Å²) in [6.45, 7) is 1.16. The molecule has 0 aliphatic rings. The maximum Gasteiger partial charge on any atom is 0.250 e. The van der Waals surface area contributed by atoms with Gasteiger partial charge in [0.1, 0.15) is 0 Å². The minimum absolute atomic E-state index is 0.158. The molecule has 0 saturated heterocycles. The summed E-state index contributed by atoms with van der Waals surface area (Å²) >= 11 is 1.47. The van der Waals surface area contributed by atoms with Crippen molar-refractivity contribution in [2.75, 3.05) is 0 Å². The highest BCUT2D eigenvalue weighted by molar-refractivity contribution is 7.07. The number of benzene rings is 2. The Balaban J connectivity index is 1.55. The molecule has 130 valence electrons. The van der Waals surface area contributed by atoms with Crippen molar-refractivity contribution in [3.63, 3.8) is 0 Å². The van der Waals surface area contributed by atoms with E-state index in [0.717, 1.165) is 0 Å². The SMILES string of the molecule is O=C(CCn1ccnn1)N=c1sccn1Cc1cccc2ccccc12. The molecule has 26 heavy (non-hydrogen) atoms. The van der Waals surface area contributed by atoms with E-state index in [1.54, 1.807) is 17.1 Å². The van der Waals surface area contributed by atoms with E-state index >= 15 is 0 Å². The van der Waals surface area contributed by atoms with Crippen LogP contribution in [0.4, 0.5) is 0 Å². The summed E-state index contributed by atoms with van der Waals surface area (Å²) in [5.74, 6) is -0.158. The molecule has 6 nitrogen and oxygen atoms in total. The lowest BCUT2D eigenvalue weighted by atomic mass is 10.0. The van der Waals surface area contributed by atoms with Gasteiger partial charge in [0.15, 0.2) is 4.80 Å². The van der Waals surface area contributed by atoms with Crippen LogP contribution in [0.15, 0.2) is 71.4 Å². The van der Waals surface area contributed by atoms with Gasteiger partial charge in [-0.1, -0.05) is 47.7 Å². The van der Waals surface area contributed by atoms with Gasteiger partial charge in [-0.05, 0) is 16.3 Å². The van der Waals surface area contributed by atoms with Crippen molar-refractivity contribution in [1.82, 2.24) is 19.6 Å². The Hall–Kier alpha value is -3.06. The van der Waals surface area contributed by atoms with Crippen LogP contribution in [0.2, 0.25) is 0 Å². The Morgan fingerprint density at radius 3 is 2.88 bits per heavy atom. The standard InChI is InChI=1S/C19H17N5OS/c25-18(8-10-24-11-9-20-22-24)21-19-23(12-13-26-19)14-16-6-3-5-15-4-1-2-7-17(15)16/h1-7,9,11-13H,8,10,14H2. The van der Waals surface area contributed by atoms with Gasteiger partial charge >= 0.3 is 0 Å². The van der Waals surface area contributed by atoms with Crippen molar-refractivity contribution in [2.24, 2.45) is 4.99 Å². The molecule has 1 amide bonds. The molecule has 0 spiro atoms. The first kappa shape index (κ1) is 16.4. The molecular weight excluding hydrogens is 346 g/mol. The predicted molar refractivity (Wildman–Crippen MR) is 101 cm³/mol. The summed E-state index contributed by atoms with van der Waals surface area (Å²) in [5.41, 5.74) is 1.21. The third-order valence-corrected chi connectivity index (χ3v) is 4.92. The van der Waals surface area contributed by atoms with Crippen LogP contribution >= 0.6 is 11.3 Å². The number of hydrogen-bond acceptors (Lipinski definition) is 4. The average molecular weight is 363 g/mol. The molecule has 0 radical (unpaired) electrons. The first-order valence-corrected chi connectivity index (χ1v) is 9.20. The third kappa shape index (κ3) is 3.62. The van der Waals surface area contributed by atoms with E-state index < -0.39 is 0 Å². The van der Waals surface area contributed by atoms with Crippen molar-refractivity contribution in [3.8, 4) is 0 Å². The molecule has 2 heterocycles. The zero-order valence-electron chi connectivity index (χ0n) is 14.0. The van der Waals surface area contributed by atoms with E-state index in [1.165, 1.54) is 27.7 Å². The summed E-state index contributed by atoms with van der Waals surface area (Å²) < 4.78 is 3.64. The fourth-order valence-electron chi connectivity index (χ4n) is 2.85. The molecule has 0 aliphatic carbocycles. The summed E-state index contributed by atoms with van der Waals surface area (Å²) in [6.07, 6.45) is 5.60. The number of carbonyl (C=O) groups excluding carboxylic acids is 1. The predicted octanol–water partition coefficient (Wildman–Crippen LogP) is 2.86. The summed E-state index contributed by atoms with van der Waals surface area (Å²) in [4.78, 5) is 17.2. The fourth-order valence-corrected chi connectivity index (χ4v) is 3.59. The van der Waals surface area contributed by atoms with Gasteiger partial charge < -0.3 is 4.57 Å². The molecule has 4 aromatic rings. The number of fused-ring (bicyclic) bond motifs is 1. The molecule has 0 unspecified atom stereocenters. The number of hydrogen-bond donors (Lipinski definition) is 0. The van der Waals surface area contributed by atoms with Crippen LogP contribution in [0.3, 0.4) is 0 Å². The quantitative estimate of drug-likeness (QED) is 0.548. The van der Waals surface area contributed by atoms with Crippen LogP contribution in [0.5, 0.6) is 0 Å². The van der Waals surface area contributed by atoms with Crippen LogP contribution in [-0.2, 0) is 17.9 Å². The molecular formula is C19H17N5OS. The van der Waals surface area contributed by atoms with E-state index in [2.05, 4.69) is 45.6 Å². The van der Waals surface area contributed by atoms with E-state index in [1.807, 2.05) is 28.3 Å². The second kappa shape index (κ2) is 7.45. The highest BCUT2D eigenvalue weighted by atomic mass is 32.1. The third-order valence-electron chi connectivity index (χ3n) is 4.13. The molecule has 0 bridgehead atoms. The van der Waals surface area contributed by atoms with Gasteiger partial charge in [-0.15, -0.1) is 16.4 Å². The normalized spacial score (nSPS) is 11.9. The first-order valence-electron chi connectivity index (χ1n) is 8.32. The van der Waals surface area contributed by atoms with Gasteiger partial charge in [0.25, 0.3) is 0 Å². The van der Waals surface area contributed by atoms with Gasteiger partial charge in [-0.2, -0.15) is 4.99 Å². The van der Waals surface area contributed by atoms with Crippen molar-refractivity contribution >= 4 is 28.0 Å². The number of carbonyl (C=O) groups is 1. The second-order valence-electron chi connectivity index (χ2n) is 5.87. The number of amides is 1. The molecule has 0 fully saturated rings.